The van der Waals surface area contributed by atoms with Crippen LogP contribution in [0.1, 0.15) is 18.5 Å². The van der Waals surface area contributed by atoms with Gasteiger partial charge < -0.3 is 10.0 Å². The molecule has 17 heavy (non-hydrogen) atoms. The van der Waals surface area contributed by atoms with Crippen molar-refractivity contribution in [3.8, 4) is 0 Å². The van der Waals surface area contributed by atoms with Gasteiger partial charge in [0.1, 0.15) is 11.5 Å². The number of nitrogens with zero attached hydrogens (tertiary/aromatic N) is 3. The van der Waals surface area contributed by atoms with Gasteiger partial charge in [-0.3, -0.25) is 10.1 Å². The highest BCUT2D eigenvalue weighted by Gasteiger charge is 2.20. The van der Waals surface area contributed by atoms with E-state index in [1.165, 1.54) is 6.07 Å². The van der Waals surface area contributed by atoms with Crippen LogP contribution in [-0.2, 0) is 0 Å². The van der Waals surface area contributed by atoms with Crippen molar-refractivity contribution in [2.24, 2.45) is 0 Å². The van der Waals surface area contributed by atoms with Crippen LogP contribution >= 0.6 is 0 Å². The molecule has 0 saturated carbocycles. The lowest BCUT2D eigenvalue weighted by atomic mass is 10.1. The standard InChI is InChI=1S/C11H15N3O3/c1-8-10(14(16)17)4-5-11(12-8)13-6-2-3-9(15)7-13/h4-5,9,15H,2-3,6-7H2,1H3. The second-order valence-electron chi connectivity index (χ2n) is 4.27. The van der Waals surface area contributed by atoms with E-state index in [0.29, 0.717) is 18.1 Å². The maximum atomic E-state index is 10.7. The number of aromatic nitrogens is 1. The number of anilines is 1. The molecule has 1 saturated heterocycles. The molecule has 1 unspecified atom stereocenters. The van der Waals surface area contributed by atoms with E-state index in [-0.39, 0.29) is 11.8 Å². The minimum Gasteiger partial charge on any atom is -0.391 e. The Morgan fingerprint density at radius 2 is 2.35 bits per heavy atom. The number of hydrogen-bond donors (Lipinski definition) is 1. The van der Waals surface area contributed by atoms with E-state index in [1.54, 1.807) is 13.0 Å². The molecule has 2 rings (SSSR count). The second kappa shape index (κ2) is 4.67. The predicted molar refractivity (Wildman–Crippen MR) is 63.1 cm³/mol. The quantitative estimate of drug-likeness (QED) is 0.618. The zero-order chi connectivity index (χ0) is 12.4. The molecule has 0 radical (unpaired) electrons. The molecule has 0 amide bonds. The Morgan fingerprint density at radius 3 is 2.94 bits per heavy atom. The van der Waals surface area contributed by atoms with E-state index in [2.05, 4.69) is 4.98 Å². The Kier molecular flexibility index (Phi) is 3.23. The fraction of sp³-hybridized carbons (Fsp3) is 0.545. The van der Waals surface area contributed by atoms with Crippen molar-refractivity contribution in [1.82, 2.24) is 4.98 Å². The molecule has 1 N–H and O–H groups in total. The Morgan fingerprint density at radius 1 is 1.59 bits per heavy atom. The third-order valence-electron chi connectivity index (χ3n) is 2.96. The van der Waals surface area contributed by atoms with E-state index < -0.39 is 4.92 Å². The molecule has 1 aromatic heterocycles. The Balaban J connectivity index is 2.22. The monoisotopic (exact) mass is 237 g/mol. The average Bonchev–Trinajstić information content (AvgIpc) is 2.28. The molecule has 2 heterocycles. The summed E-state index contributed by atoms with van der Waals surface area (Å²) in [6, 6.07) is 3.11. The maximum absolute atomic E-state index is 10.7. The molecule has 0 aromatic carbocycles. The van der Waals surface area contributed by atoms with Crippen molar-refractivity contribution in [3.63, 3.8) is 0 Å². The van der Waals surface area contributed by atoms with Crippen LogP contribution in [0.5, 0.6) is 0 Å². The largest absolute Gasteiger partial charge is 0.391 e. The molecule has 1 fully saturated rings. The van der Waals surface area contributed by atoms with Crippen LogP contribution in [0.4, 0.5) is 11.5 Å². The van der Waals surface area contributed by atoms with Crippen molar-refractivity contribution < 1.29 is 10.0 Å². The molecule has 0 aliphatic carbocycles. The van der Waals surface area contributed by atoms with Gasteiger partial charge in [-0.15, -0.1) is 0 Å². The molecule has 0 bridgehead atoms. The van der Waals surface area contributed by atoms with Crippen LogP contribution in [0.25, 0.3) is 0 Å². The molecule has 0 spiro atoms. The molecule has 1 aliphatic heterocycles. The van der Waals surface area contributed by atoms with Crippen LogP contribution in [-0.4, -0.2) is 34.2 Å². The second-order valence-corrected chi connectivity index (χ2v) is 4.27. The lowest BCUT2D eigenvalue weighted by Crippen LogP contribution is -2.38. The van der Waals surface area contributed by atoms with Gasteiger partial charge in [-0.05, 0) is 25.8 Å². The zero-order valence-corrected chi connectivity index (χ0v) is 9.67. The number of aryl methyl sites for hydroxylation is 1. The fourth-order valence-electron chi connectivity index (χ4n) is 2.07. The van der Waals surface area contributed by atoms with Crippen molar-refractivity contribution in [3.05, 3.63) is 27.9 Å². The van der Waals surface area contributed by atoms with Crippen LogP contribution in [0.2, 0.25) is 0 Å². The zero-order valence-electron chi connectivity index (χ0n) is 9.67. The van der Waals surface area contributed by atoms with Crippen LogP contribution in [0, 0.1) is 17.0 Å². The molecule has 6 nitrogen and oxygen atoms in total. The minimum absolute atomic E-state index is 0.0336. The summed E-state index contributed by atoms with van der Waals surface area (Å²) in [6.07, 6.45) is 1.39. The van der Waals surface area contributed by atoms with Crippen molar-refractivity contribution in [1.29, 1.82) is 0 Å². The van der Waals surface area contributed by atoms with Crippen molar-refractivity contribution in [2.75, 3.05) is 18.0 Å². The Bertz CT molecular complexity index is 436. The number of aliphatic hydroxyl groups excluding tert-OH is 1. The summed E-state index contributed by atoms with van der Waals surface area (Å²) in [5.41, 5.74) is 0.443. The summed E-state index contributed by atoms with van der Waals surface area (Å²) in [6.45, 7) is 3.01. The first-order valence-electron chi connectivity index (χ1n) is 5.63. The van der Waals surface area contributed by atoms with Gasteiger partial charge in [0.05, 0.1) is 11.0 Å². The SMILES string of the molecule is Cc1nc(N2CCCC(O)C2)ccc1[N+](=O)[O-]. The van der Waals surface area contributed by atoms with Gasteiger partial charge in [0, 0.05) is 19.2 Å². The van der Waals surface area contributed by atoms with Crippen LogP contribution in [0.3, 0.4) is 0 Å². The molecular formula is C11H15N3O3. The topological polar surface area (TPSA) is 79.5 Å². The van der Waals surface area contributed by atoms with Gasteiger partial charge in [0.15, 0.2) is 0 Å². The fourth-order valence-corrected chi connectivity index (χ4v) is 2.07. The first kappa shape index (κ1) is 11.8. The molecule has 1 aromatic rings. The van der Waals surface area contributed by atoms with E-state index in [1.807, 2.05) is 4.90 Å². The normalized spacial score (nSPS) is 20.4. The average molecular weight is 237 g/mol. The molecule has 6 heteroatoms. The molecular weight excluding hydrogens is 222 g/mol. The lowest BCUT2D eigenvalue weighted by molar-refractivity contribution is -0.385. The summed E-state index contributed by atoms with van der Waals surface area (Å²) >= 11 is 0. The third kappa shape index (κ3) is 2.52. The lowest BCUT2D eigenvalue weighted by Gasteiger charge is -2.31. The van der Waals surface area contributed by atoms with Gasteiger partial charge in [0.2, 0.25) is 0 Å². The highest BCUT2D eigenvalue weighted by Crippen LogP contribution is 2.22. The van der Waals surface area contributed by atoms with Gasteiger partial charge in [-0.2, -0.15) is 0 Å². The number of hydrogen-bond acceptors (Lipinski definition) is 5. The van der Waals surface area contributed by atoms with Crippen molar-refractivity contribution in [2.45, 2.75) is 25.9 Å². The summed E-state index contributed by atoms with van der Waals surface area (Å²) in [4.78, 5) is 16.4. The Labute approximate surface area is 99.0 Å². The first-order chi connectivity index (χ1) is 8.08. The number of aliphatic hydroxyl groups is 1. The number of rotatable bonds is 2. The van der Waals surface area contributed by atoms with Gasteiger partial charge in [-0.1, -0.05) is 0 Å². The summed E-state index contributed by atoms with van der Waals surface area (Å²) < 4.78 is 0. The van der Waals surface area contributed by atoms with Crippen LogP contribution in [0.15, 0.2) is 12.1 Å². The highest BCUT2D eigenvalue weighted by atomic mass is 16.6. The molecule has 92 valence electrons. The summed E-state index contributed by atoms with van der Waals surface area (Å²) in [5.74, 6) is 0.701. The minimum atomic E-state index is -0.433. The summed E-state index contributed by atoms with van der Waals surface area (Å²) in [7, 11) is 0. The van der Waals surface area contributed by atoms with Gasteiger partial charge >= 0.3 is 0 Å². The smallest absolute Gasteiger partial charge is 0.290 e. The highest BCUT2D eigenvalue weighted by molar-refractivity contribution is 5.47. The van der Waals surface area contributed by atoms with E-state index in [0.717, 1.165) is 19.4 Å². The predicted octanol–water partition coefficient (Wildman–Crippen LogP) is 1.26. The van der Waals surface area contributed by atoms with Gasteiger partial charge in [-0.25, -0.2) is 4.98 Å². The third-order valence-corrected chi connectivity index (χ3v) is 2.96. The van der Waals surface area contributed by atoms with Crippen molar-refractivity contribution >= 4 is 11.5 Å². The molecule has 1 atom stereocenters. The van der Waals surface area contributed by atoms with E-state index >= 15 is 0 Å². The number of β-amino-alcohol motifs (C(OH)–C–C–N with tert-alkyl or cyclic N) is 1. The number of nitro groups is 1. The Hall–Kier alpha value is -1.69. The summed E-state index contributed by atoms with van der Waals surface area (Å²) in [5, 5.41) is 20.2. The van der Waals surface area contributed by atoms with Gasteiger partial charge in [0.25, 0.3) is 5.69 Å². The number of piperidine rings is 1. The van der Waals surface area contributed by atoms with E-state index in [4.69, 9.17) is 0 Å². The maximum Gasteiger partial charge on any atom is 0.290 e. The first-order valence-corrected chi connectivity index (χ1v) is 5.63. The van der Waals surface area contributed by atoms with E-state index in [9.17, 15) is 15.2 Å². The molecule has 1 aliphatic rings. The van der Waals surface area contributed by atoms with Crippen LogP contribution < -0.4 is 4.90 Å². The number of pyridine rings is 1.